The maximum atomic E-state index is 14.7. The van der Waals surface area contributed by atoms with Gasteiger partial charge in [-0.05, 0) is 148 Å². The number of amides is 4. The number of benzene rings is 2. The fourth-order valence-electron chi connectivity index (χ4n) is 16.7. The Hall–Kier alpha value is -7.46. The quantitative estimate of drug-likeness (QED) is 0.0263. The number of pyridine rings is 1. The molecule has 5 N–H and O–H groups in total. The Kier molecular flexibility index (Phi) is 19.8. The molecule has 6 fully saturated rings. The van der Waals surface area contributed by atoms with Gasteiger partial charge < -0.3 is 35.4 Å². The van der Waals surface area contributed by atoms with Crippen LogP contribution in [0.4, 0.5) is 10.9 Å². The molecule has 8 atom stereocenters. The summed E-state index contributed by atoms with van der Waals surface area (Å²) in [6.45, 7) is 23.1. The van der Waals surface area contributed by atoms with Crippen molar-refractivity contribution >= 4 is 83.3 Å². The predicted octanol–water partition coefficient (Wildman–Crippen LogP) is 9.83. The molecule has 7 aromatic rings. The number of nitrogens with zero attached hydrogens (tertiary/aromatic N) is 9. The van der Waals surface area contributed by atoms with Crippen molar-refractivity contribution in [2.45, 2.75) is 169 Å². The topological polar surface area (TPSA) is 295 Å². The van der Waals surface area contributed by atoms with E-state index in [9.17, 15) is 37.5 Å². The van der Waals surface area contributed by atoms with Crippen LogP contribution < -0.4 is 20.7 Å². The molecule has 516 valence electrons. The zero-order valence-electron chi connectivity index (χ0n) is 56.8. The molecule has 2 aromatic carbocycles. The van der Waals surface area contributed by atoms with Crippen molar-refractivity contribution in [1.82, 2.24) is 60.1 Å². The number of anilines is 2. The average Bonchev–Trinajstić information content (AvgIpc) is 1.10. The van der Waals surface area contributed by atoms with Crippen LogP contribution in [0.1, 0.15) is 167 Å². The first kappa shape index (κ1) is 69.4. The number of ketones is 1. The fourth-order valence-corrected chi connectivity index (χ4v) is 19.4. The van der Waals surface area contributed by atoms with Crippen LogP contribution in [0.5, 0.6) is 0 Å². The fraction of sp³-hybridized carbons (Fsp3) is 0.535. The Balaban J connectivity index is 0.709. The number of nitrogens with one attached hydrogen (secondary N) is 4. The van der Waals surface area contributed by atoms with Gasteiger partial charge in [0.1, 0.15) is 29.2 Å². The van der Waals surface area contributed by atoms with Gasteiger partial charge in [-0.25, -0.2) is 28.1 Å². The maximum absolute atomic E-state index is 14.7. The number of morpholine rings is 1. The molecule has 4 amide bonds. The SMILES string of the molecule is Cc1cc(C(=O)c2ccc(-c3cnn(CC45CC6(OCCN7CCOCC7)C[C@](C)(C4)C[C@](C)(C5)C6)c3C)c(C(=O)NS(=O)(=O)CCCCCC(=O)N[C@H](C(=O)N3C[C@H](O)C[C@H]3C(=O)N[C@@H](C)c3ccc(-c4scnc4C)cc3)C(C)(C)C)n2)nnc1Nc1nc2ccccc2s1. The zero-order valence-corrected chi connectivity index (χ0v) is 59.3. The van der Waals surface area contributed by atoms with E-state index in [1.807, 2.05) is 74.0 Å². The van der Waals surface area contributed by atoms with Gasteiger partial charge in [-0.3, -0.25) is 33.6 Å². The van der Waals surface area contributed by atoms with Crippen molar-refractivity contribution in [3.63, 3.8) is 0 Å². The molecule has 6 aliphatic rings. The predicted molar refractivity (Wildman–Crippen MR) is 372 cm³/mol. The number of rotatable bonds is 25. The number of hydrogen-bond donors (Lipinski definition) is 5. The van der Waals surface area contributed by atoms with Gasteiger partial charge in [0, 0.05) is 62.4 Å². The van der Waals surface area contributed by atoms with Crippen LogP contribution in [0.25, 0.3) is 31.8 Å². The largest absolute Gasteiger partial charge is 0.391 e. The minimum atomic E-state index is -4.34. The average molecular weight is 1380 g/mol. The molecule has 2 saturated heterocycles. The molecule has 0 spiro atoms. The molecule has 2 aliphatic heterocycles. The molecule has 2 unspecified atom stereocenters. The molecule has 4 aliphatic carbocycles. The Morgan fingerprint density at radius 3 is 2.30 bits per heavy atom. The van der Waals surface area contributed by atoms with Gasteiger partial charge in [-0.2, -0.15) is 5.10 Å². The number of thiazole rings is 2. The first-order valence-corrected chi connectivity index (χ1v) is 37.0. The van der Waals surface area contributed by atoms with E-state index in [0.29, 0.717) is 35.2 Å². The number of carbonyl (C=O) groups excluding carboxylic acids is 5. The number of likely N-dealkylation sites (tertiary alicyclic amines) is 1. The van der Waals surface area contributed by atoms with E-state index < -0.39 is 74.8 Å². The Morgan fingerprint density at radius 1 is 0.856 bits per heavy atom. The molecule has 0 radical (unpaired) electrons. The van der Waals surface area contributed by atoms with Gasteiger partial charge >= 0.3 is 0 Å². The highest BCUT2D eigenvalue weighted by Crippen LogP contribution is 2.72. The van der Waals surface area contributed by atoms with Gasteiger partial charge in [0.2, 0.25) is 33.5 Å². The second-order valence-corrected chi connectivity index (χ2v) is 33.4. The van der Waals surface area contributed by atoms with E-state index in [1.54, 1.807) is 62.9 Å². The number of aromatic nitrogens is 7. The van der Waals surface area contributed by atoms with Crippen LogP contribution in [0.2, 0.25) is 0 Å². The second kappa shape index (κ2) is 27.7. The number of unbranched alkanes of at least 4 members (excludes halogenated alkanes) is 2. The molecule has 7 heterocycles. The van der Waals surface area contributed by atoms with E-state index in [2.05, 4.69) is 64.6 Å². The van der Waals surface area contributed by atoms with Crippen molar-refractivity contribution in [3.05, 3.63) is 118 Å². The summed E-state index contributed by atoms with van der Waals surface area (Å²) in [6, 6.07) is 17.8. The molecule has 97 heavy (non-hydrogen) atoms. The number of fused-ring (bicyclic) bond motifs is 1. The van der Waals surface area contributed by atoms with Crippen LogP contribution in [0.15, 0.2) is 78.4 Å². The molecule has 23 nitrogen and oxygen atoms in total. The van der Waals surface area contributed by atoms with Gasteiger partial charge in [0.15, 0.2) is 10.9 Å². The van der Waals surface area contributed by atoms with Crippen molar-refractivity contribution < 1.29 is 47.0 Å². The number of ether oxygens (including phenoxy) is 2. The number of aliphatic hydroxyl groups is 1. The Bertz CT molecular complexity index is 4180. The summed E-state index contributed by atoms with van der Waals surface area (Å²) in [5.74, 6) is -3.14. The summed E-state index contributed by atoms with van der Waals surface area (Å²) in [5, 5.41) is 34.1. The molecular weight excluding hydrogens is 1290 g/mol. The Labute approximate surface area is 574 Å². The number of para-hydroxylation sites is 1. The van der Waals surface area contributed by atoms with E-state index >= 15 is 0 Å². The third-order valence-electron chi connectivity index (χ3n) is 20.2. The standard InChI is InChI=1S/C71H89N13O10S3/c1-43-31-54(79-80-62(43)78-66-76-52-15-12-13-16-56(52)96-66)59(87)53-23-22-50(51-33-73-84(46(51)4)41-70-36-68(8)35-69(9,37-70)39-71(38-68,40-70)94-29-26-82-24-27-93-28-25-82)58(75-53)64(89)81-97(91,92)30-14-10-11-17-57(86)77-61(67(5,6)7)65(90)83-34-49(85)32-55(83)63(88)74-44(2)47-18-20-48(21-19-47)60-45(3)72-42-95-60/h12-13,15-16,18-23,31,33,42,44,49,55,61,85H,10-11,14,17,24-30,32,34-41H2,1-9H3,(H,74,88)(H,77,86)(H,81,89)(H,76,78,80)/t44-,49+,55-,61+,68-,69+,70?,71?/m0/s1. The second-order valence-electron chi connectivity index (χ2n) is 29.7. The summed E-state index contributed by atoms with van der Waals surface area (Å²) < 4.78 is 45.9. The van der Waals surface area contributed by atoms with Gasteiger partial charge in [0.05, 0.1) is 75.8 Å². The maximum Gasteiger partial charge on any atom is 0.283 e. The first-order chi connectivity index (χ1) is 46.1. The van der Waals surface area contributed by atoms with E-state index in [0.717, 1.165) is 109 Å². The van der Waals surface area contributed by atoms with E-state index in [1.165, 1.54) is 22.3 Å². The van der Waals surface area contributed by atoms with Crippen LogP contribution in [0, 0.1) is 42.4 Å². The molecular formula is C71H89N13O10S3. The summed E-state index contributed by atoms with van der Waals surface area (Å²) in [5.41, 5.74) is 6.11. The number of β-amino-alcohol motifs (C(OH)–C–C–N with tert-alkyl or cyclic N) is 1. The van der Waals surface area contributed by atoms with E-state index in [4.69, 9.17) is 14.6 Å². The Morgan fingerprint density at radius 2 is 1.60 bits per heavy atom. The van der Waals surface area contributed by atoms with Gasteiger partial charge in [-0.15, -0.1) is 21.5 Å². The lowest BCUT2D eigenvalue weighted by Crippen LogP contribution is -2.64. The number of sulfonamides is 1. The zero-order chi connectivity index (χ0) is 68.8. The summed E-state index contributed by atoms with van der Waals surface area (Å²) >= 11 is 3.00. The van der Waals surface area contributed by atoms with Gasteiger partial charge in [0.25, 0.3) is 5.91 Å². The summed E-state index contributed by atoms with van der Waals surface area (Å²) in [4.78, 5) is 89.5. The highest BCUT2D eigenvalue weighted by Gasteiger charge is 2.66. The van der Waals surface area contributed by atoms with Crippen LogP contribution in [-0.2, 0) is 40.4 Å². The monoisotopic (exact) mass is 1380 g/mol. The first-order valence-electron chi connectivity index (χ1n) is 33.7. The lowest BCUT2D eigenvalue weighted by Gasteiger charge is -2.69. The van der Waals surface area contributed by atoms with Crippen molar-refractivity contribution in [3.8, 4) is 21.6 Å². The molecule has 4 bridgehead atoms. The highest BCUT2D eigenvalue weighted by molar-refractivity contribution is 7.90. The number of aliphatic hydroxyl groups excluding tert-OH is 1. The molecule has 26 heteroatoms. The lowest BCUT2D eigenvalue weighted by atomic mass is 9.39. The number of carbonyl (C=O) groups is 5. The third kappa shape index (κ3) is 15.5. The highest BCUT2D eigenvalue weighted by atomic mass is 32.2. The molecule has 4 saturated carbocycles. The summed E-state index contributed by atoms with van der Waals surface area (Å²) in [7, 11) is -4.34. The normalized spacial score (nSPS) is 23.9. The van der Waals surface area contributed by atoms with Crippen molar-refractivity contribution in [2.24, 2.45) is 21.7 Å². The van der Waals surface area contributed by atoms with Crippen LogP contribution in [-0.4, -0.2) is 163 Å². The smallest absolute Gasteiger partial charge is 0.283 e. The van der Waals surface area contributed by atoms with Gasteiger partial charge in [-0.1, -0.05) is 88.8 Å². The minimum Gasteiger partial charge on any atom is -0.391 e. The third-order valence-corrected chi connectivity index (χ3v) is 23.4. The van der Waals surface area contributed by atoms with Crippen LogP contribution in [0.3, 0.4) is 0 Å². The number of hydrogen-bond acceptors (Lipinski definition) is 20. The van der Waals surface area contributed by atoms with Crippen molar-refractivity contribution in [1.29, 1.82) is 0 Å². The number of aryl methyl sites for hydroxylation is 2. The molecule has 13 rings (SSSR count). The lowest BCUT2D eigenvalue weighted by molar-refractivity contribution is -0.249. The van der Waals surface area contributed by atoms with E-state index in [-0.39, 0.29) is 83.1 Å². The summed E-state index contributed by atoms with van der Waals surface area (Å²) in [6.07, 6.45) is 7.42. The van der Waals surface area contributed by atoms with Crippen molar-refractivity contribution in [2.75, 3.05) is 57.1 Å². The molecule has 5 aromatic heterocycles. The van der Waals surface area contributed by atoms with Crippen LogP contribution >= 0.6 is 22.7 Å². The minimum absolute atomic E-state index is 0.0297.